The van der Waals surface area contributed by atoms with Crippen LogP contribution in [0, 0.1) is 18.6 Å². The molecule has 3 heterocycles. The minimum Gasteiger partial charge on any atom is -0.335 e. The third-order valence-electron chi connectivity index (χ3n) is 4.75. The van der Waals surface area contributed by atoms with Crippen LogP contribution in [0.5, 0.6) is 0 Å². The van der Waals surface area contributed by atoms with E-state index in [1.54, 1.807) is 12.3 Å². The fourth-order valence-corrected chi connectivity index (χ4v) is 4.06. The van der Waals surface area contributed by atoms with Gasteiger partial charge in [-0.05, 0) is 42.2 Å². The highest BCUT2D eigenvalue weighted by Crippen LogP contribution is 2.30. The van der Waals surface area contributed by atoms with Gasteiger partial charge in [0.15, 0.2) is 5.82 Å². The number of carbonyl (C=O) groups is 2. The van der Waals surface area contributed by atoms with E-state index in [1.807, 2.05) is 6.92 Å². The van der Waals surface area contributed by atoms with E-state index in [1.165, 1.54) is 23.5 Å². The summed E-state index contributed by atoms with van der Waals surface area (Å²) in [6.45, 7) is 1.87. The van der Waals surface area contributed by atoms with E-state index in [-0.39, 0.29) is 12.2 Å². The van der Waals surface area contributed by atoms with Gasteiger partial charge in [-0.15, -0.1) is 0 Å². The van der Waals surface area contributed by atoms with Gasteiger partial charge in [-0.3, -0.25) is 9.69 Å². The van der Waals surface area contributed by atoms with Gasteiger partial charge in [0.05, 0.1) is 11.9 Å². The van der Waals surface area contributed by atoms with Gasteiger partial charge in [0.25, 0.3) is 5.91 Å². The second-order valence-electron chi connectivity index (χ2n) is 6.51. The lowest BCUT2D eigenvalue weighted by Crippen LogP contribution is -2.47. The van der Waals surface area contributed by atoms with Crippen molar-refractivity contribution in [1.29, 1.82) is 0 Å². The second kappa shape index (κ2) is 7.20. The SMILES string of the molecule is Cc1cc(N2C(=O)NC[C@H]2C(=O)N(C)c2ccc(F)c(Cl)c2F)nc2sncc12. The first kappa shape index (κ1) is 19.5. The van der Waals surface area contributed by atoms with Gasteiger partial charge in [0, 0.05) is 19.0 Å². The molecule has 0 aliphatic carbocycles. The van der Waals surface area contributed by atoms with E-state index in [2.05, 4.69) is 14.7 Å². The van der Waals surface area contributed by atoms with Crippen LogP contribution < -0.4 is 15.1 Å². The standard InChI is InChI=1S/C18H14ClF2N5O2S/c1-8-5-13(24-16-9(8)6-23-29-16)26-12(7-22-18(26)28)17(27)25(2)11-4-3-10(20)14(19)15(11)21/h3-6,12H,7H2,1-2H3,(H,22,28)/t12-/m0/s1. The van der Waals surface area contributed by atoms with E-state index in [4.69, 9.17) is 11.6 Å². The number of fused-ring (bicyclic) bond motifs is 1. The summed E-state index contributed by atoms with van der Waals surface area (Å²) in [5, 5.41) is 2.77. The number of amides is 3. The molecule has 3 amide bonds. The van der Waals surface area contributed by atoms with Gasteiger partial charge in [0.2, 0.25) is 0 Å². The average molecular weight is 438 g/mol. The van der Waals surface area contributed by atoms with Crippen LogP contribution in [0.15, 0.2) is 24.4 Å². The first-order valence-corrected chi connectivity index (χ1v) is 9.65. The van der Waals surface area contributed by atoms with Crippen molar-refractivity contribution < 1.29 is 18.4 Å². The molecule has 11 heteroatoms. The molecule has 0 saturated carbocycles. The molecule has 4 rings (SSSR count). The Balaban J connectivity index is 1.70. The Morgan fingerprint density at radius 1 is 1.41 bits per heavy atom. The number of aryl methyl sites for hydroxylation is 1. The number of halogens is 3. The largest absolute Gasteiger partial charge is 0.335 e. The predicted molar refractivity (Wildman–Crippen MR) is 107 cm³/mol. The zero-order valence-electron chi connectivity index (χ0n) is 15.2. The molecule has 0 spiro atoms. The lowest BCUT2D eigenvalue weighted by molar-refractivity contribution is -0.119. The van der Waals surface area contributed by atoms with Crippen LogP contribution >= 0.6 is 23.1 Å². The Morgan fingerprint density at radius 2 is 2.17 bits per heavy atom. The smallest absolute Gasteiger partial charge is 0.323 e. The molecule has 1 saturated heterocycles. The summed E-state index contributed by atoms with van der Waals surface area (Å²) in [6.07, 6.45) is 1.69. The molecular weight excluding hydrogens is 424 g/mol. The molecule has 1 atom stereocenters. The number of nitrogens with one attached hydrogen (secondary N) is 1. The molecule has 0 bridgehead atoms. The van der Waals surface area contributed by atoms with Crippen molar-refractivity contribution in [2.24, 2.45) is 0 Å². The number of rotatable bonds is 3. The Labute approximate surface area is 173 Å². The van der Waals surface area contributed by atoms with E-state index >= 15 is 0 Å². The highest BCUT2D eigenvalue weighted by Gasteiger charge is 2.40. The van der Waals surface area contributed by atoms with Crippen LogP contribution in [0.3, 0.4) is 0 Å². The van der Waals surface area contributed by atoms with E-state index < -0.39 is 34.6 Å². The topological polar surface area (TPSA) is 78.4 Å². The van der Waals surface area contributed by atoms with Gasteiger partial charge in [0.1, 0.15) is 27.5 Å². The van der Waals surface area contributed by atoms with Crippen LogP contribution in [0.4, 0.5) is 25.1 Å². The summed E-state index contributed by atoms with van der Waals surface area (Å²) in [7, 11) is 1.33. The molecule has 1 aliphatic heterocycles. The number of hydrogen-bond donors (Lipinski definition) is 1. The molecule has 1 N–H and O–H groups in total. The molecule has 1 fully saturated rings. The third-order valence-corrected chi connectivity index (χ3v) is 5.80. The number of urea groups is 1. The Morgan fingerprint density at radius 3 is 2.93 bits per heavy atom. The number of benzene rings is 1. The summed E-state index contributed by atoms with van der Waals surface area (Å²) in [6, 6.07) is 2.33. The van der Waals surface area contributed by atoms with Crippen molar-refractivity contribution in [2.75, 3.05) is 23.4 Å². The number of anilines is 2. The summed E-state index contributed by atoms with van der Waals surface area (Å²) in [4.78, 5) is 32.8. The van der Waals surface area contributed by atoms with Crippen LogP contribution in [0.1, 0.15) is 5.56 Å². The Kier molecular flexibility index (Phi) is 4.83. The van der Waals surface area contributed by atoms with Gasteiger partial charge >= 0.3 is 6.03 Å². The van der Waals surface area contributed by atoms with Crippen molar-refractivity contribution in [3.05, 3.63) is 46.6 Å². The predicted octanol–water partition coefficient (Wildman–Crippen LogP) is 3.49. The molecule has 150 valence electrons. The lowest BCUT2D eigenvalue weighted by Gasteiger charge is -2.27. The third kappa shape index (κ3) is 3.18. The lowest BCUT2D eigenvalue weighted by atomic mass is 10.2. The summed E-state index contributed by atoms with van der Waals surface area (Å²) >= 11 is 6.80. The van der Waals surface area contributed by atoms with Crippen molar-refractivity contribution in [3.8, 4) is 0 Å². The number of nitrogens with zero attached hydrogens (tertiary/aromatic N) is 4. The van der Waals surface area contributed by atoms with Crippen molar-refractivity contribution in [1.82, 2.24) is 14.7 Å². The number of hydrogen-bond acceptors (Lipinski definition) is 5. The Hall–Kier alpha value is -2.85. The minimum atomic E-state index is -1.05. The Bertz CT molecular complexity index is 1150. The zero-order valence-corrected chi connectivity index (χ0v) is 16.8. The normalized spacial score (nSPS) is 16.4. The molecule has 0 radical (unpaired) electrons. The average Bonchev–Trinajstić information content (AvgIpc) is 3.32. The van der Waals surface area contributed by atoms with Gasteiger partial charge in [-0.1, -0.05) is 11.6 Å². The second-order valence-corrected chi connectivity index (χ2v) is 7.66. The molecule has 1 aliphatic rings. The fourth-order valence-electron chi connectivity index (χ4n) is 3.20. The monoisotopic (exact) mass is 437 g/mol. The maximum Gasteiger partial charge on any atom is 0.323 e. The number of aromatic nitrogens is 2. The van der Waals surface area contributed by atoms with Crippen molar-refractivity contribution >= 4 is 56.8 Å². The number of carbonyl (C=O) groups excluding carboxylic acids is 2. The molecule has 7 nitrogen and oxygen atoms in total. The van der Waals surface area contributed by atoms with Gasteiger partial charge in [-0.25, -0.2) is 18.6 Å². The maximum atomic E-state index is 14.4. The van der Waals surface area contributed by atoms with Crippen LogP contribution in [-0.2, 0) is 4.79 Å². The molecule has 1 aromatic carbocycles. The highest BCUT2D eigenvalue weighted by atomic mass is 35.5. The highest BCUT2D eigenvalue weighted by molar-refractivity contribution is 7.12. The zero-order chi connectivity index (χ0) is 20.9. The van der Waals surface area contributed by atoms with Crippen LogP contribution in [0.25, 0.3) is 10.2 Å². The van der Waals surface area contributed by atoms with Crippen LogP contribution in [-0.4, -0.2) is 40.9 Å². The molecule has 0 unspecified atom stereocenters. The van der Waals surface area contributed by atoms with E-state index in [0.717, 1.165) is 28.0 Å². The molecule has 2 aromatic heterocycles. The summed E-state index contributed by atoms with van der Waals surface area (Å²) < 4.78 is 31.9. The quantitative estimate of drug-likeness (QED) is 0.636. The first-order valence-electron chi connectivity index (χ1n) is 8.49. The van der Waals surface area contributed by atoms with Crippen molar-refractivity contribution in [3.63, 3.8) is 0 Å². The molecular formula is C18H14ClF2N5O2S. The van der Waals surface area contributed by atoms with Gasteiger partial charge in [-0.2, -0.15) is 4.37 Å². The van der Waals surface area contributed by atoms with E-state index in [0.29, 0.717) is 10.6 Å². The summed E-state index contributed by atoms with van der Waals surface area (Å²) in [5.74, 6) is -2.26. The molecule has 29 heavy (non-hydrogen) atoms. The first-order chi connectivity index (χ1) is 13.8. The number of pyridine rings is 1. The van der Waals surface area contributed by atoms with E-state index in [9.17, 15) is 18.4 Å². The summed E-state index contributed by atoms with van der Waals surface area (Å²) in [5.41, 5.74) is 0.664. The number of likely N-dealkylation sites (N-methyl/N-ethyl adjacent to an activating group) is 1. The van der Waals surface area contributed by atoms with Crippen molar-refractivity contribution in [2.45, 2.75) is 13.0 Å². The maximum absolute atomic E-state index is 14.4. The fraction of sp³-hybridized carbons (Fsp3) is 0.222. The molecule has 3 aromatic rings. The van der Waals surface area contributed by atoms with Gasteiger partial charge < -0.3 is 10.2 Å². The minimum absolute atomic E-state index is 0.0139. The van der Waals surface area contributed by atoms with Crippen LogP contribution in [0.2, 0.25) is 5.02 Å².